The van der Waals surface area contributed by atoms with Crippen molar-refractivity contribution in [2.75, 3.05) is 26.7 Å². The van der Waals surface area contributed by atoms with Crippen LogP contribution in [0.3, 0.4) is 0 Å². The Bertz CT molecular complexity index is 456. The van der Waals surface area contributed by atoms with Gasteiger partial charge >= 0.3 is 0 Å². The van der Waals surface area contributed by atoms with Gasteiger partial charge < -0.3 is 15.0 Å². The van der Waals surface area contributed by atoms with Gasteiger partial charge in [-0.15, -0.1) is 12.4 Å². The van der Waals surface area contributed by atoms with Gasteiger partial charge in [0.1, 0.15) is 5.75 Å². The number of carbonyl (C=O) groups is 1. The fourth-order valence-electron chi connectivity index (χ4n) is 2.59. The number of hydrogen-bond acceptors (Lipinski definition) is 3. The van der Waals surface area contributed by atoms with E-state index in [2.05, 4.69) is 31.3 Å². The van der Waals surface area contributed by atoms with E-state index in [4.69, 9.17) is 4.74 Å². The van der Waals surface area contributed by atoms with Gasteiger partial charge in [0.2, 0.25) is 0 Å². The van der Waals surface area contributed by atoms with Crippen LogP contribution < -0.4 is 10.1 Å². The van der Waals surface area contributed by atoms with E-state index in [0.717, 1.165) is 31.7 Å². The van der Waals surface area contributed by atoms with Crippen molar-refractivity contribution in [1.29, 1.82) is 0 Å². The summed E-state index contributed by atoms with van der Waals surface area (Å²) in [6.07, 6.45) is 2.04. The van der Waals surface area contributed by atoms with Crippen molar-refractivity contribution in [3.63, 3.8) is 0 Å². The first kappa shape index (κ1) is 18.8. The molecule has 2 rings (SSSR count). The average Bonchev–Trinajstić information content (AvgIpc) is 2.53. The lowest BCUT2D eigenvalue weighted by atomic mass is 10.0. The molecule has 0 radical (unpaired) electrons. The van der Waals surface area contributed by atoms with Crippen molar-refractivity contribution in [3.8, 4) is 5.75 Å². The third kappa shape index (κ3) is 5.18. The Morgan fingerprint density at radius 3 is 2.41 bits per heavy atom. The van der Waals surface area contributed by atoms with E-state index >= 15 is 0 Å². The number of likely N-dealkylation sites (N-methyl/N-ethyl adjacent to an activating group) is 1. The molecule has 1 aromatic carbocycles. The maximum absolute atomic E-state index is 12.2. The predicted octanol–water partition coefficient (Wildman–Crippen LogP) is 2.82. The lowest BCUT2D eigenvalue weighted by Gasteiger charge is -2.31. The molecule has 5 heteroatoms. The number of amides is 1. The molecule has 1 heterocycles. The van der Waals surface area contributed by atoms with Crippen LogP contribution in [0.4, 0.5) is 0 Å². The van der Waals surface area contributed by atoms with Crippen LogP contribution in [0, 0.1) is 0 Å². The summed E-state index contributed by atoms with van der Waals surface area (Å²) in [5.41, 5.74) is 1.28. The fourth-order valence-corrected chi connectivity index (χ4v) is 2.59. The van der Waals surface area contributed by atoms with Gasteiger partial charge in [-0.2, -0.15) is 0 Å². The van der Waals surface area contributed by atoms with Crippen molar-refractivity contribution in [2.24, 2.45) is 0 Å². The maximum Gasteiger partial charge on any atom is 0.260 e. The number of carbonyl (C=O) groups excluding carboxylic acids is 1. The minimum absolute atomic E-state index is 0. The first-order valence-electron chi connectivity index (χ1n) is 7.77. The van der Waals surface area contributed by atoms with E-state index in [-0.39, 0.29) is 24.9 Å². The normalized spacial score (nSPS) is 15.3. The van der Waals surface area contributed by atoms with E-state index in [1.165, 1.54) is 5.56 Å². The number of piperidine rings is 1. The van der Waals surface area contributed by atoms with E-state index in [1.54, 1.807) is 0 Å². The summed E-state index contributed by atoms with van der Waals surface area (Å²) in [5, 5.41) is 3.31. The highest BCUT2D eigenvalue weighted by atomic mass is 35.5. The molecule has 0 aliphatic carbocycles. The summed E-state index contributed by atoms with van der Waals surface area (Å²) in [7, 11) is 1.88. The Hall–Kier alpha value is -1.26. The summed E-state index contributed by atoms with van der Waals surface area (Å²) in [6.45, 7) is 6.40. The summed E-state index contributed by atoms with van der Waals surface area (Å²) in [5.74, 6) is 1.31. The zero-order chi connectivity index (χ0) is 15.2. The third-order valence-corrected chi connectivity index (χ3v) is 4.16. The number of ether oxygens (including phenoxy) is 1. The smallest absolute Gasteiger partial charge is 0.260 e. The van der Waals surface area contributed by atoms with E-state index in [0.29, 0.717) is 12.0 Å². The van der Waals surface area contributed by atoms with E-state index in [1.807, 2.05) is 24.1 Å². The van der Waals surface area contributed by atoms with Crippen molar-refractivity contribution in [1.82, 2.24) is 10.2 Å². The molecule has 0 atom stereocenters. The highest BCUT2D eigenvalue weighted by molar-refractivity contribution is 5.85. The van der Waals surface area contributed by atoms with Crippen LogP contribution in [0.5, 0.6) is 5.75 Å². The standard InChI is InChI=1S/C17H26N2O2.ClH/c1-13(2)14-4-6-16(7-5-14)21-12-17(20)19(3)15-8-10-18-11-9-15;/h4-7,13,15,18H,8-12H2,1-3H3;1H. The zero-order valence-corrected chi connectivity index (χ0v) is 14.5. The molecule has 1 aliphatic heterocycles. The average molecular weight is 327 g/mol. The second-order valence-corrected chi connectivity index (χ2v) is 6.00. The van der Waals surface area contributed by atoms with Crippen LogP contribution in [-0.2, 0) is 4.79 Å². The quantitative estimate of drug-likeness (QED) is 0.904. The Balaban J connectivity index is 0.00000242. The fraction of sp³-hybridized carbons (Fsp3) is 0.588. The Morgan fingerprint density at radius 1 is 1.27 bits per heavy atom. The molecule has 0 saturated carbocycles. The molecule has 0 spiro atoms. The SMILES string of the molecule is CC(C)c1ccc(OCC(=O)N(C)C2CCNCC2)cc1.Cl. The predicted molar refractivity (Wildman–Crippen MR) is 91.9 cm³/mol. The van der Waals surface area contributed by atoms with E-state index < -0.39 is 0 Å². The lowest BCUT2D eigenvalue weighted by Crippen LogP contribution is -2.45. The van der Waals surface area contributed by atoms with E-state index in [9.17, 15) is 4.79 Å². The van der Waals surface area contributed by atoms with Gasteiger partial charge in [0.25, 0.3) is 5.91 Å². The van der Waals surface area contributed by atoms with Gasteiger partial charge in [-0.3, -0.25) is 4.79 Å². The van der Waals surface area contributed by atoms with Gasteiger partial charge in [-0.25, -0.2) is 0 Å². The number of benzene rings is 1. The van der Waals surface area contributed by atoms with Gasteiger partial charge in [0.15, 0.2) is 6.61 Å². The van der Waals surface area contributed by atoms with Crippen LogP contribution in [0.25, 0.3) is 0 Å². The molecular weight excluding hydrogens is 300 g/mol. The molecule has 1 saturated heterocycles. The minimum atomic E-state index is 0. The molecule has 4 nitrogen and oxygen atoms in total. The number of nitrogens with zero attached hydrogens (tertiary/aromatic N) is 1. The monoisotopic (exact) mass is 326 g/mol. The van der Waals surface area contributed by atoms with Crippen LogP contribution >= 0.6 is 12.4 Å². The van der Waals surface area contributed by atoms with Crippen LogP contribution in [-0.4, -0.2) is 43.6 Å². The Morgan fingerprint density at radius 2 is 1.86 bits per heavy atom. The number of rotatable bonds is 5. The second kappa shape index (κ2) is 9.01. The third-order valence-electron chi connectivity index (χ3n) is 4.16. The Kier molecular flexibility index (Phi) is 7.69. The molecule has 1 amide bonds. The van der Waals surface area contributed by atoms with Gasteiger partial charge in [0, 0.05) is 13.1 Å². The zero-order valence-electron chi connectivity index (χ0n) is 13.7. The summed E-state index contributed by atoms with van der Waals surface area (Å²) >= 11 is 0. The topological polar surface area (TPSA) is 41.6 Å². The summed E-state index contributed by atoms with van der Waals surface area (Å²) in [6, 6.07) is 8.33. The van der Waals surface area contributed by atoms with Crippen LogP contribution in [0.1, 0.15) is 38.2 Å². The molecule has 22 heavy (non-hydrogen) atoms. The highest BCUT2D eigenvalue weighted by Gasteiger charge is 2.21. The molecular formula is C17H27ClN2O2. The largest absolute Gasteiger partial charge is 0.484 e. The first-order valence-corrected chi connectivity index (χ1v) is 7.77. The number of nitrogens with one attached hydrogen (secondary N) is 1. The second-order valence-electron chi connectivity index (χ2n) is 6.00. The molecule has 1 N–H and O–H groups in total. The van der Waals surface area contributed by atoms with Crippen LogP contribution in [0.15, 0.2) is 24.3 Å². The molecule has 124 valence electrons. The molecule has 0 bridgehead atoms. The molecule has 1 fully saturated rings. The van der Waals surface area contributed by atoms with Crippen molar-refractivity contribution >= 4 is 18.3 Å². The first-order chi connectivity index (χ1) is 10.1. The van der Waals surface area contributed by atoms with Crippen molar-refractivity contribution in [3.05, 3.63) is 29.8 Å². The molecule has 1 aromatic rings. The summed E-state index contributed by atoms with van der Waals surface area (Å²) in [4.78, 5) is 14.0. The van der Waals surface area contributed by atoms with Crippen LogP contribution in [0.2, 0.25) is 0 Å². The van der Waals surface area contributed by atoms with Crippen molar-refractivity contribution < 1.29 is 9.53 Å². The highest BCUT2D eigenvalue weighted by Crippen LogP contribution is 2.18. The number of halogens is 1. The molecule has 1 aliphatic rings. The van der Waals surface area contributed by atoms with Crippen molar-refractivity contribution in [2.45, 2.75) is 38.6 Å². The molecule has 0 unspecified atom stereocenters. The molecule has 0 aromatic heterocycles. The van der Waals surface area contributed by atoms with Gasteiger partial charge in [0.05, 0.1) is 0 Å². The van der Waals surface area contributed by atoms with Gasteiger partial charge in [-0.1, -0.05) is 26.0 Å². The summed E-state index contributed by atoms with van der Waals surface area (Å²) < 4.78 is 5.61. The van der Waals surface area contributed by atoms with Gasteiger partial charge in [-0.05, 0) is 49.5 Å². The maximum atomic E-state index is 12.2. The minimum Gasteiger partial charge on any atom is -0.484 e. The lowest BCUT2D eigenvalue weighted by molar-refractivity contribution is -0.134. The number of hydrogen-bond donors (Lipinski definition) is 1. The Labute approximate surface area is 139 Å².